The highest BCUT2D eigenvalue weighted by atomic mass is 16.6. The molecular weight excluding hydrogens is 206 g/mol. The fourth-order valence-corrected chi connectivity index (χ4v) is 1.41. The first-order valence-corrected chi connectivity index (χ1v) is 5.24. The second-order valence-corrected chi connectivity index (χ2v) is 4.01. The molecule has 0 aromatic heterocycles. The van der Waals surface area contributed by atoms with Gasteiger partial charge in [0.1, 0.15) is 0 Å². The van der Waals surface area contributed by atoms with Crippen molar-refractivity contribution in [3.63, 3.8) is 0 Å². The highest BCUT2D eigenvalue weighted by Crippen LogP contribution is 2.20. The predicted molar refractivity (Wildman–Crippen MR) is 64.6 cm³/mol. The van der Waals surface area contributed by atoms with Crippen molar-refractivity contribution in [2.45, 2.75) is 26.3 Å². The van der Waals surface area contributed by atoms with E-state index in [1.54, 1.807) is 6.07 Å². The summed E-state index contributed by atoms with van der Waals surface area (Å²) >= 11 is 0. The number of benzene rings is 1. The molecule has 1 aromatic carbocycles. The summed E-state index contributed by atoms with van der Waals surface area (Å²) in [7, 11) is 0. The Morgan fingerprint density at radius 1 is 1.50 bits per heavy atom. The number of nitro groups is 1. The maximum absolute atomic E-state index is 10.6. The Balaban J connectivity index is 2.69. The van der Waals surface area contributed by atoms with E-state index in [0.29, 0.717) is 0 Å². The molecular formula is C11H17N3O2. The molecule has 0 heterocycles. The van der Waals surface area contributed by atoms with Crippen molar-refractivity contribution in [2.75, 3.05) is 11.9 Å². The number of non-ortho nitro benzene ring substituents is 1. The Bertz CT molecular complexity index is 377. The van der Waals surface area contributed by atoms with Crippen molar-refractivity contribution in [1.29, 1.82) is 0 Å². The second-order valence-electron chi connectivity index (χ2n) is 4.01. The van der Waals surface area contributed by atoms with E-state index in [0.717, 1.165) is 24.2 Å². The zero-order chi connectivity index (χ0) is 12.1. The van der Waals surface area contributed by atoms with Gasteiger partial charge in [0.2, 0.25) is 0 Å². The highest BCUT2D eigenvalue weighted by molar-refractivity contribution is 5.53. The number of nitrogens with two attached hydrogens (primary N) is 1. The highest BCUT2D eigenvalue weighted by Gasteiger charge is 2.07. The van der Waals surface area contributed by atoms with Crippen LogP contribution in [0.5, 0.6) is 0 Å². The topological polar surface area (TPSA) is 81.2 Å². The maximum atomic E-state index is 10.6. The molecule has 5 nitrogen and oxygen atoms in total. The Labute approximate surface area is 94.8 Å². The van der Waals surface area contributed by atoms with Gasteiger partial charge in [0.15, 0.2) is 0 Å². The summed E-state index contributed by atoms with van der Waals surface area (Å²) < 4.78 is 0. The second kappa shape index (κ2) is 5.46. The molecule has 16 heavy (non-hydrogen) atoms. The summed E-state index contributed by atoms with van der Waals surface area (Å²) in [6, 6.07) is 5.10. The smallest absolute Gasteiger partial charge is 0.271 e. The minimum atomic E-state index is -0.385. The molecule has 0 saturated carbocycles. The molecule has 0 aliphatic carbocycles. The van der Waals surface area contributed by atoms with Crippen LogP contribution in [0, 0.1) is 17.0 Å². The molecule has 0 amide bonds. The third-order valence-corrected chi connectivity index (χ3v) is 2.20. The quantitative estimate of drug-likeness (QED) is 0.591. The fraction of sp³-hybridized carbons (Fsp3) is 0.455. The molecule has 0 aliphatic heterocycles. The largest absolute Gasteiger partial charge is 0.385 e. The number of rotatable bonds is 5. The first kappa shape index (κ1) is 12.4. The van der Waals surface area contributed by atoms with Crippen LogP contribution >= 0.6 is 0 Å². The molecule has 0 spiro atoms. The van der Waals surface area contributed by atoms with Crippen molar-refractivity contribution in [2.24, 2.45) is 5.73 Å². The van der Waals surface area contributed by atoms with E-state index in [2.05, 4.69) is 5.32 Å². The van der Waals surface area contributed by atoms with Gasteiger partial charge in [-0.15, -0.1) is 0 Å². The van der Waals surface area contributed by atoms with E-state index in [1.165, 1.54) is 6.07 Å². The molecule has 1 unspecified atom stereocenters. The monoisotopic (exact) mass is 223 g/mol. The van der Waals surface area contributed by atoms with Crippen molar-refractivity contribution in [1.82, 2.24) is 0 Å². The van der Waals surface area contributed by atoms with Crippen LogP contribution in [0.1, 0.15) is 18.9 Å². The van der Waals surface area contributed by atoms with E-state index >= 15 is 0 Å². The van der Waals surface area contributed by atoms with Crippen LogP contribution in [0.2, 0.25) is 0 Å². The average molecular weight is 223 g/mol. The fourth-order valence-electron chi connectivity index (χ4n) is 1.41. The van der Waals surface area contributed by atoms with Crippen LogP contribution < -0.4 is 11.1 Å². The summed E-state index contributed by atoms with van der Waals surface area (Å²) in [4.78, 5) is 10.3. The first-order chi connectivity index (χ1) is 7.49. The lowest BCUT2D eigenvalue weighted by atomic mass is 10.2. The summed E-state index contributed by atoms with van der Waals surface area (Å²) in [5.41, 5.74) is 7.37. The SMILES string of the molecule is Cc1cc(NCCC(C)N)cc([N+](=O)[O-])c1. The van der Waals surface area contributed by atoms with Crippen LogP contribution in [-0.2, 0) is 0 Å². The summed E-state index contributed by atoms with van der Waals surface area (Å²) in [6.07, 6.45) is 0.835. The Hall–Kier alpha value is -1.62. The van der Waals surface area contributed by atoms with Gasteiger partial charge in [-0.1, -0.05) is 0 Å². The molecule has 0 aliphatic rings. The molecule has 1 aromatic rings. The van der Waals surface area contributed by atoms with Gasteiger partial charge in [0.05, 0.1) is 4.92 Å². The van der Waals surface area contributed by atoms with Crippen LogP contribution in [0.4, 0.5) is 11.4 Å². The Morgan fingerprint density at radius 3 is 2.75 bits per heavy atom. The molecule has 1 rings (SSSR count). The van der Waals surface area contributed by atoms with Crippen molar-refractivity contribution in [3.8, 4) is 0 Å². The number of aryl methyl sites for hydroxylation is 1. The standard InChI is InChI=1S/C11H17N3O2/c1-8-5-10(13-4-3-9(2)12)7-11(6-8)14(15)16/h5-7,9,13H,3-4,12H2,1-2H3. The van der Waals surface area contributed by atoms with E-state index < -0.39 is 0 Å². The lowest BCUT2D eigenvalue weighted by Crippen LogP contribution is -2.19. The van der Waals surface area contributed by atoms with Crippen LogP contribution in [0.25, 0.3) is 0 Å². The lowest BCUT2D eigenvalue weighted by Gasteiger charge is -2.09. The minimum absolute atomic E-state index is 0.114. The summed E-state index contributed by atoms with van der Waals surface area (Å²) in [6.45, 7) is 4.49. The van der Waals surface area contributed by atoms with Crippen molar-refractivity contribution < 1.29 is 4.92 Å². The molecule has 88 valence electrons. The zero-order valence-electron chi connectivity index (χ0n) is 9.56. The van der Waals surface area contributed by atoms with Gasteiger partial charge < -0.3 is 11.1 Å². The zero-order valence-corrected chi connectivity index (χ0v) is 9.56. The molecule has 0 radical (unpaired) electrons. The maximum Gasteiger partial charge on any atom is 0.271 e. The van der Waals surface area contributed by atoms with Crippen LogP contribution in [-0.4, -0.2) is 17.5 Å². The number of anilines is 1. The lowest BCUT2D eigenvalue weighted by molar-refractivity contribution is -0.384. The van der Waals surface area contributed by atoms with E-state index in [-0.39, 0.29) is 16.7 Å². The molecule has 0 saturated heterocycles. The van der Waals surface area contributed by atoms with E-state index in [4.69, 9.17) is 5.73 Å². The Morgan fingerprint density at radius 2 is 2.19 bits per heavy atom. The summed E-state index contributed by atoms with van der Waals surface area (Å²) in [5, 5.41) is 13.8. The number of nitro benzene ring substituents is 1. The normalized spacial score (nSPS) is 12.2. The van der Waals surface area contributed by atoms with Crippen molar-refractivity contribution >= 4 is 11.4 Å². The predicted octanol–water partition coefficient (Wildman–Crippen LogP) is 2.05. The average Bonchev–Trinajstić information content (AvgIpc) is 2.16. The molecule has 3 N–H and O–H groups in total. The van der Waals surface area contributed by atoms with Gasteiger partial charge in [-0.05, 0) is 31.9 Å². The van der Waals surface area contributed by atoms with Crippen LogP contribution in [0.15, 0.2) is 18.2 Å². The third kappa shape index (κ3) is 3.86. The van der Waals surface area contributed by atoms with E-state index in [9.17, 15) is 10.1 Å². The van der Waals surface area contributed by atoms with Gasteiger partial charge in [-0.3, -0.25) is 10.1 Å². The molecule has 0 bridgehead atoms. The number of nitrogens with zero attached hydrogens (tertiary/aromatic N) is 1. The number of hydrogen-bond acceptors (Lipinski definition) is 4. The van der Waals surface area contributed by atoms with E-state index in [1.807, 2.05) is 19.9 Å². The molecule has 5 heteroatoms. The third-order valence-electron chi connectivity index (χ3n) is 2.20. The first-order valence-electron chi connectivity index (χ1n) is 5.24. The summed E-state index contributed by atoms with van der Waals surface area (Å²) in [5.74, 6) is 0. The van der Waals surface area contributed by atoms with Gasteiger partial charge >= 0.3 is 0 Å². The van der Waals surface area contributed by atoms with Crippen molar-refractivity contribution in [3.05, 3.63) is 33.9 Å². The Kier molecular flexibility index (Phi) is 4.25. The molecule has 0 fully saturated rings. The van der Waals surface area contributed by atoms with Gasteiger partial charge in [-0.25, -0.2) is 0 Å². The van der Waals surface area contributed by atoms with Crippen LogP contribution in [0.3, 0.4) is 0 Å². The number of nitrogens with one attached hydrogen (secondary N) is 1. The molecule has 1 atom stereocenters. The van der Waals surface area contributed by atoms with Gasteiger partial charge in [-0.2, -0.15) is 0 Å². The number of hydrogen-bond donors (Lipinski definition) is 2. The van der Waals surface area contributed by atoms with Gasteiger partial charge in [0, 0.05) is 30.4 Å². The minimum Gasteiger partial charge on any atom is -0.385 e. The van der Waals surface area contributed by atoms with Gasteiger partial charge in [0.25, 0.3) is 5.69 Å².